The second-order valence-corrected chi connectivity index (χ2v) is 3.93. The minimum Gasteiger partial charge on any atom is -0.383 e. The van der Waals surface area contributed by atoms with Gasteiger partial charge in [0.2, 0.25) is 0 Å². The van der Waals surface area contributed by atoms with Crippen LogP contribution in [0.15, 0.2) is 24.5 Å². The summed E-state index contributed by atoms with van der Waals surface area (Å²) >= 11 is 0. The Morgan fingerprint density at radius 1 is 1.50 bits per heavy atom. The van der Waals surface area contributed by atoms with Crippen LogP contribution in [0.2, 0.25) is 0 Å². The second-order valence-electron chi connectivity index (χ2n) is 3.93. The van der Waals surface area contributed by atoms with E-state index in [0.29, 0.717) is 30.1 Å². The van der Waals surface area contributed by atoms with Crippen LogP contribution in [-0.4, -0.2) is 39.8 Å². The quantitative estimate of drug-likeness (QED) is 0.745. The molecular formula is C12H14N4O2. The zero-order valence-electron chi connectivity index (χ0n) is 10.3. The van der Waals surface area contributed by atoms with E-state index in [1.807, 2.05) is 11.5 Å². The van der Waals surface area contributed by atoms with Crippen molar-refractivity contribution < 1.29 is 9.53 Å². The molecule has 6 heteroatoms. The molecule has 0 N–H and O–H groups in total. The number of methoxy groups -OCH3 is 1. The maximum atomic E-state index is 10.7. The third-order valence-corrected chi connectivity index (χ3v) is 2.58. The summed E-state index contributed by atoms with van der Waals surface area (Å²) < 4.78 is 6.99. The van der Waals surface area contributed by atoms with Gasteiger partial charge < -0.3 is 9.30 Å². The lowest BCUT2D eigenvalue weighted by Gasteiger charge is -2.13. The topological polar surface area (TPSA) is 69.9 Å². The average molecular weight is 246 g/mol. The Hall–Kier alpha value is -2.08. The highest BCUT2D eigenvalue weighted by Crippen LogP contribution is 2.18. The number of pyridine rings is 1. The molecule has 0 bridgehead atoms. The summed E-state index contributed by atoms with van der Waals surface area (Å²) in [5.41, 5.74) is 1.00. The first-order valence-electron chi connectivity index (χ1n) is 5.57. The van der Waals surface area contributed by atoms with Gasteiger partial charge in [-0.25, -0.2) is 4.98 Å². The van der Waals surface area contributed by atoms with Crippen LogP contribution in [-0.2, 0) is 4.74 Å². The van der Waals surface area contributed by atoms with E-state index in [0.717, 1.165) is 0 Å². The summed E-state index contributed by atoms with van der Waals surface area (Å²) in [7, 11) is 1.64. The number of hydrogen-bond donors (Lipinski definition) is 0. The van der Waals surface area contributed by atoms with Gasteiger partial charge in [-0.15, -0.1) is 10.2 Å². The predicted octanol–water partition coefficient (Wildman–Crippen LogP) is 1.36. The molecule has 0 saturated carbocycles. The normalized spacial score (nSPS) is 12.3. The van der Waals surface area contributed by atoms with Crippen LogP contribution < -0.4 is 0 Å². The van der Waals surface area contributed by atoms with Crippen molar-refractivity contribution in [1.29, 1.82) is 0 Å². The molecule has 0 aliphatic heterocycles. The lowest BCUT2D eigenvalue weighted by molar-refractivity contribution is 0.111. The molecule has 2 heterocycles. The average Bonchev–Trinajstić information content (AvgIpc) is 2.88. The Morgan fingerprint density at radius 3 is 3.06 bits per heavy atom. The highest BCUT2D eigenvalue weighted by Gasteiger charge is 2.13. The summed E-state index contributed by atoms with van der Waals surface area (Å²) in [6.45, 7) is 2.55. The molecule has 0 spiro atoms. The smallest absolute Gasteiger partial charge is 0.182 e. The molecule has 2 rings (SSSR count). The monoisotopic (exact) mass is 246 g/mol. The lowest BCUT2D eigenvalue weighted by Crippen LogP contribution is -2.12. The third-order valence-electron chi connectivity index (χ3n) is 2.58. The molecule has 0 saturated heterocycles. The number of rotatable bonds is 5. The molecule has 0 aliphatic carbocycles. The molecule has 0 aromatic carbocycles. The molecule has 6 nitrogen and oxygen atoms in total. The fraction of sp³-hybridized carbons (Fsp3) is 0.333. The highest BCUT2D eigenvalue weighted by atomic mass is 16.5. The largest absolute Gasteiger partial charge is 0.383 e. The van der Waals surface area contributed by atoms with E-state index in [4.69, 9.17) is 4.74 Å². The van der Waals surface area contributed by atoms with Crippen molar-refractivity contribution >= 4 is 6.29 Å². The van der Waals surface area contributed by atoms with Crippen LogP contribution in [0.3, 0.4) is 0 Å². The van der Waals surface area contributed by atoms with Crippen molar-refractivity contribution in [2.45, 2.75) is 13.0 Å². The fourth-order valence-corrected chi connectivity index (χ4v) is 1.71. The maximum Gasteiger partial charge on any atom is 0.182 e. The highest BCUT2D eigenvalue weighted by molar-refractivity contribution is 5.72. The number of aromatic nitrogens is 4. The summed E-state index contributed by atoms with van der Waals surface area (Å²) in [5, 5.41) is 7.93. The van der Waals surface area contributed by atoms with E-state index in [9.17, 15) is 4.79 Å². The van der Waals surface area contributed by atoms with Crippen molar-refractivity contribution in [1.82, 2.24) is 19.7 Å². The fourth-order valence-electron chi connectivity index (χ4n) is 1.71. The molecule has 1 atom stereocenters. The Labute approximate surface area is 105 Å². The van der Waals surface area contributed by atoms with E-state index >= 15 is 0 Å². The zero-order chi connectivity index (χ0) is 13.0. The molecule has 2 aromatic rings. The van der Waals surface area contributed by atoms with Crippen molar-refractivity contribution in [2.75, 3.05) is 13.7 Å². The van der Waals surface area contributed by atoms with Crippen LogP contribution in [0.1, 0.15) is 23.5 Å². The van der Waals surface area contributed by atoms with Gasteiger partial charge in [0.1, 0.15) is 17.7 Å². The van der Waals surface area contributed by atoms with E-state index in [-0.39, 0.29) is 6.04 Å². The van der Waals surface area contributed by atoms with Gasteiger partial charge in [-0.1, -0.05) is 6.07 Å². The number of hydrogen-bond acceptors (Lipinski definition) is 5. The Balaban J connectivity index is 2.38. The maximum absolute atomic E-state index is 10.7. The van der Waals surface area contributed by atoms with Gasteiger partial charge in [0.25, 0.3) is 0 Å². The first-order chi connectivity index (χ1) is 8.76. The van der Waals surface area contributed by atoms with Crippen LogP contribution in [0.4, 0.5) is 0 Å². The number of carbonyl (C=O) groups excluding carboxylic acids is 1. The lowest BCUT2D eigenvalue weighted by atomic mass is 10.2. The second kappa shape index (κ2) is 5.50. The first kappa shape index (κ1) is 12.4. The SMILES string of the molecule is COCC(C)n1cnnc1-c1cccc(C=O)n1. The first-order valence-corrected chi connectivity index (χ1v) is 5.57. The Bertz CT molecular complexity index is 538. The molecule has 0 radical (unpaired) electrons. The standard InChI is InChI=1S/C12H14N4O2/c1-9(7-18-2)16-8-13-15-12(16)11-5-3-4-10(6-17)14-11/h3-6,8-9H,7H2,1-2H3. The van der Waals surface area contributed by atoms with Gasteiger partial charge in [-0.05, 0) is 19.1 Å². The number of ether oxygens (including phenoxy) is 1. The Kier molecular flexibility index (Phi) is 3.78. The summed E-state index contributed by atoms with van der Waals surface area (Å²) in [5.74, 6) is 0.628. The van der Waals surface area contributed by atoms with Crippen LogP contribution >= 0.6 is 0 Å². The summed E-state index contributed by atoms with van der Waals surface area (Å²) in [6, 6.07) is 5.32. The van der Waals surface area contributed by atoms with E-state index < -0.39 is 0 Å². The van der Waals surface area contributed by atoms with Crippen LogP contribution in [0.5, 0.6) is 0 Å². The van der Waals surface area contributed by atoms with Crippen LogP contribution in [0, 0.1) is 0 Å². The molecule has 2 aromatic heterocycles. The van der Waals surface area contributed by atoms with Gasteiger partial charge >= 0.3 is 0 Å². The van der Waals surface area contributed by atoms with Crippen molar-refractivity contribution in [2.24, 2.45) is 0 Å². The van der Waals surface area contributed by atoms with Crippen molar-refractivity contribution in [3.63, 3.8) is 0 Å². The molecular weight excluding hydrogens is 232 g/mol. The van der Waals surface area contributed by atoms with Crippen molar-refractivity contribution in [3.05, 3.63) is 30.2 Å². The zero-order valence-corrected chi connectivity index (χ0v) is 10.3. The Morgan fingerprint density at radius 2 is 2.33 bits per heavy atom. The third kappa shape index (κ3) is 2.43. The summed E-state index contributed by atoms with van der Waals surface area (Å²) in [6.07, 6.45) is 2.34. The predicted molar refractivity (Wildman–Crippen MR) is 65.2 cm³/mol. The number of carbonyl (C=O) groups is 1. The number of nitrogens with zero attached hydrogens (tertiary/aromatic N) is 4. The van der Waals surface area contributed by atoms with Gasteiger partial charge in [-0.2, -0.15) is 0 Å². The van der Waals surface area contributed by atoms with Gasteiger partial charge in [0.05, 0.1) is 12.6 Å². The number of aldehydes is 1. The summed E-state index contributed by atoms with van der Waals surface area (Å²) in [4.78, 5) is 14.9. The van der Waals surface area contributed by atoms with E-state index in [2.05, 4.69) is 15.2 Å². The molecule has 1 unspecified atom stereocenters. The molecule has 94 valence electrons. The van der Waals surface area contributed by atoms with Crippen LogP contribution in [0.25, 0.3) is 11.5 Å². The van der Waals surface area contributed by atoms with Crippen molar-refractivity contribution in [3.8, 4) is 11.5 Å². The minimum absolute atomic E-state index is 0.0988. The van der Waals surface area contributed by atoms with Gasteiger partial charge in [-0.3, -0.25) is 4.79 Å². The molecule has 0 fully saturated rings. The van der Waals surface area contributed by atoms with Gasteiger partial charge in [0, 0.05) is 7.11 Å². The van der Waals surface area contributed by atoms with Gasteiger partial charge in [0.15, 0.2) is 12.1 Å². The molecule has 0 amide bonds. The molecule has 18 heavy (non-hydrogen) atoms. The minimum atomic E-state index is 0.0988. The van der Waals surface area contributed by atoms with E-state index in [1.54, 1.807) is 31.6 Å². The van der Waals surface area contributed by atoms with E-state index in [1.165, 1.54) is 0 Å². The molecule has 0 aliphatic rings.